The van der Waals surface area contributed by atoms with Crippen LogP contribution in [0.2, 0.25) is 0 Å². The molecule has 3 rings (SSSR count). The summed E-state index contributed by atoms with van der Waals surface area (Å²) in [6.45, 7) is 3.45. The van der Waals surface area contributed by atoms with Gasteiger partial charge in [-0.1, -0.05) is 0 Å². The Bertz CT molecular complexity index is 1080. The molecule has 0 aliphatic heterocycles. The summed E-state index contributed by atoms with van der Waals surface area (Å²) < 4.78 is 40.4. The van der Waals surface area contributed by atoms with Crippen LogP contribution < -0.4 is 10.7 Å². The zero-order chi connectivity index (χ0) is 20.5. The lowest BCUT2D eigenvalue weighted by molar-refractivity contribution is -0.137. The highest BCUT2D eigenvalue weighted by molar-refractivity contribution is 5.91. The third kappa shape index (κ3) is 4.00. The quantitative estimate of drug-likeness (QED) is 0.739. The van der Waals surface area contributed by atoms with Crippen LogP contribution >= 0.6 is 0 Å². The molecule has 0 fully saturated rings. The second-order valence-corrected chi connectivity index (χ2v) is 6.36. The van der Waals surface area contributed by atoms with Gasteiger partial charge in [-0.05, 0) is 38.1 Å². The van der Waals surface area contributed by atoms with Crippen LogP contribution in [0.25, 0.3) is 10.9 Å². The summed E-state index contributed by atoms with van der Waals surface area (Å²) in [5.74, 6) is -0.260. The van der Waals surface area contributed by atoms with E-state index in [0.29, 0.717) is 0 Å². The van der Waals surface area contributed by atoms with E-state index in [4.69, 9.17) is 0 Å². The van der Waals surface area contributed by atoms with E-state index in [1.807, 2.05) is 0 Å². The van der Waals surface area contributed by atoms with Gasteiger partial charge in [-0.25, -0.2) is 9.97 Å². The molecule has 0 aliphatic rings. The van der Waals surface area contributed by atoms with Gasteiger partial charge in [0.25, 0.3) is 0 Å². The number of anilines is 1. The molecule has 146 valence electrons. The van der Waals surface area contributed by atoms with Crippen LogP contribution in [0.5, 0.6) is 0 Å². The number of hydrogen-bond donors (Lipinski definition) is 1. The largest absolute Gasteiger partial charge is 0.416 e. The Hall–Kier alpha value is -3.30. The van der Waals surface area contributed by atoms with Crippen molar-refractivity contribution in [3.8, 4) is 0 Å². The minimum absolute atomic E-state index is 0.0625. The van der Waals surface area contributed by atoms with Gasteiger partial charge in [-0.3, -0.25) is 14.3 Å². The normalized spacial score (nSPS) is 11.8. The van der Waals surface area contributed by atoms with Gasteiger partial charge in [0.05, 0.1) is 17.5 Å². The van der Waals surface area contributed by atoms with Crippen molar-refractivity contribution in [3.05, 3.63) is 58.3 Å². The molecule has 3 aromatic rings. The van der Waals surface area contributed by atoms with Crippen molar-refractivity contribution in [2.24, 2.45) is 0 Å². The second-order valence-electron chi connectivity index (χ2n) is 6.36. The highest BCUT2D eigenvalue weighted by Gasteiger charge is 2.31. The third-order valence-electron chi connectivity index (χ3n) is 3.97. The molecule has 28 heavy (non-hydrogen) atoms. The van der Waals surface area contributed by atoms with Gasteiger partial charge in [-0.15, -0.1) is 0 Å². The maximum atomic E-state index is 13.0. The second kappa shape index (κ2) is 7.37. The zero-order valence-corrected chi connectivity index (χ0v) is 15.0. The topological polar surface area (TPSA) is 89.8 Å². The van der Waals surface area contributed by atoms with Gasteiger partial charge in [0.2, 0.25) is 11.3 Å². The number of amides is 1. The maximum Gasteiger partial charge on any atom is 0.416 e. The number of alkyl halides is 3. The standard InChI is InChI=1S/C18H16F3N5O2/c1-10(2)26-14-7-11(18(19,20)21)3-4-12(14)17(28)13(25-26)8-16(27)24-15-5-6-22-9-23-15/h3-7,9-10H,8H2,1-2H3,(H,22,23,24,27). The molecule has 0 aliphatic carbocycles. The monoisotopic (exact) mass is 391 g/mol. The lowest BCUT2D eigenvalue weighted by Crippen LogP contribution is -2.25. The van der Waals surface area contributed by atoms with Crippen molar-refractivity contribution in [2.45, 2.75) is 32.5 Å². The Morgan fingerprint density at radius 3 is 2.61 bits per heavy atom. The van der Waals surface area contributed by atoms with Crippen LogP contribution in [-0.4, -0.2) is 25.7 Å². The van der Waals surface area contributed by atoms with Gasteiger partial charge in [0, 0.05) is 17.6 Å². The molecule has 2 heterocycles. The molecule has 2 aromatic heterocycles. The lowest BCUT2D eigenvalue weighted by atomic mass is 10.1. The minimum Gasteiger partial charge on any atom is -0.310 e. The molecule has 0 bridgehead atoms. The number of carbonyl (C=O) groups is 1. The van der Waals surface area contributed by atoms with Crippen molar-refractivity contribution >= 4 is 22.6 Å². The van der Waals surface area contributed by atoms with E-state index in [-0.39, 0.29) is 34.9 Å². The van der Waals surface area contributed by atoms with E-state index in [0.717, 1.165) is 18.2 Å². The molecule has 1 aromatic carbocycles. The van der Waals surface area contributed by atoms with Gasteiger partial charge >= 0.3 is 6.18 Å². The van der Waals surface area contributed by atoms with E-state index in [1.165, 1.54) is 23.3 Å². The lowest BCUT2D eigenvalue weighted by Gasteiger charge is -2.16. The molecule has 1 amide bonds. The van der Waals surface area contributed by atoms with Crippen molar-refractivity contribution in [1.82, 2.24) is 19.7 Å². The molecule has 0 radical (unpaired) electrons. The van der Waals surface area contributed by atoms with E-state index in [1.54, 1.807) is 13.8 Å². The van der Waals surface area contributed by atoms with Gasteiger partial charge in [-0.2, -0.15) is 18.3 Å². The smallest absolute Gasteiger partial charge is 0.310 e. The summed E-state index contributed by atoms with van der Waals surface area (Å²) in [5, 5.41) is 6.74. The maximum absolute atomic E-state index is 13.0. The van der Waals surface area contributed by atoms with Crippen LogP contribution in [0.3, 0.4) is 0 Å². The fourth-order valence-corrected chi connectivity index (χ4v) is 2.69. The predicted molar refractivity (Wildman–Crippen MR) is 95.8 cm³/mol. The Morgan fingerprint density at radius 2 is 2.00 bits per heavy atom. The summed E-state index contributed by atoms with van der Waals surface area (Å²) in [5.41, 5.74) is -1.45. The fraction of sp³-hybridized carbons (Fsp3) is 0.278. The van der Waals surface area contributed by atoms with Gasteiger partial charge in [0.1, 0.15) is 17.8 Å². The number of benzene rings is 1. The molecule has 7 nitrogen and oxygen atoms in total. The van der Waals surface area contributed by atoms with E-state index >= 15 is 0 Å². The first-order valence-electron chi connectivity index (χ1n) is 8.35. The Morgan fingerprint density at radius 1 is 1.25 bits per heavy atom. The molecular weight excluding hydrogens is 375 g/mol. The number of rotatable bonds is 4. The molecule has 10 heteroatoms. The van der Waals surface area contributed by atoms with Gasteiger partial charge < -0.3 is 5.32 Å². The van der Waals surface area contributed by atoms with E-state index < -0.39 is 23.1 Å². The van der Waals surface area contributed by atoms with Gasteiger partial charge in [0.15, 0.2) is 0 Å². The summed E-state index contributed by atoms with van der Waals surface area (Å²) in [7, 11) is 0. The van der Waals surface area contributed by atoms with Crippen molar-refractivity contribution in [3.63, 3.8) is 0 Å². The van der Waals surface area contributed by atoms with Crippen LogP contribution in [-0.2, 0) is 17.4 Å². The number of carbonyl (C=O) groups excluding carboxylic acids is 1. The molecule has 0 unspecified atom stereocenters. The first-order valence-corrected chi connectivity index (χ1v) is 8.35. The van der Waals surface area contributed by atoms with E-state index in [2.05, 4.69) is 20.4 Å². The molecule has 0 spiro atoms. The number of fused-ring (bicyclic) bond motifs is 1. The third-order valence-corrected chi connectivity index (χ3v) is 3.97. The Balaban J connectivity index is 2.03. The Kier molecular flexibility index (Phi) is 5.12. The van der Waals surface area contributed by atoms with Crippen LogP contribution in [0.1, 0.15) is 31.1 Å². The zero-order valence-electron chi connectivity index (χ0n) is 15.0. The first kappa shape index (κ1) is 19.5. The van der Waals surface area contributed by atoms with E-state index in [9.17, 15) is 22.8 Å². The number of nitrogens with zero attached hydrogens (tertiary/aromatic N) is 4. The average molecular weight is 391 g/mol. The summed E-state index contributed by atoms with van der Waals surface area (Å²) in [4.78, 5) is 32.5. The number of hydrogen-bond acceptors (Lipinski definition) is 5. The molecule has 0 saturated carbocycles. The number of nitrogens with one attached hydrogen (secondary N) is 1. The molecule has 1 N–H and O–H groups in total. The summed E-state index contributed by atoms with van der Waals surface area (Å²) in [6.07, 6.45) is -2.18. The number of aromatic nitrogens is 4. The molecule has 0 atom stereocenters. The van der Waals surface area contributed by atoms with Crippen molar-refractivity contribution in [2.75, 3.05) is 5.32 Å². The SMILES string of the molecule is CC(C)n1nc(CC(=O)Nc2ccncn2)c(=O)c2ccc(C(F)(F)F)cc21. The van der Waals surface area contributed by atoms with Crippen LogP contribution in [0.4, 0.5) is 19.0 Å². The minimum atomic E-state index is -4.54. The summed E-state index contributed by atoms with van der Waals surface area (Å²) in [6, 6.07) is 4.02. The Labute approximate surface area is 157 Å². The summed E-state index contributed by atoms with van der Waals surface area (Å²) >= 11 is 0. The highest BCUT2D eigenvalue weighted by atomic mass is 19.4. The average Bonchev–Trinajstić information content (AvgIpc) is 2.63. The van der Waals surface area contributed by atoms with Crippen molar-refractivity contribution in [1.29, 1.82) is 0 Å². The highest BCUT2D eigenvalue weighted by Crippen LogP contribution is 2.31. The number of halogens is 3. The fourth-order valence-electron chi connectivity index (χ4n) is 2.69. The molecular formula is C18H16F3N5O2. The van der Waals surface area contributed by atoms with Crippen LogP contribution in [0.15, 0.2) is 41.6 Å². The first-order chi connectivity index (χ1) is 13.2. The molecule has 0 saturated heterocycles. The van der Waals surface area contributed by atoms with Crippen LogP contribution in [0, 0.1) is 0 Å². The van der Waals surface area contributed by atoms with Crippen molar-refractivity contribution < 1.29 is 18.0 Å². The predicted octanol–water partition coefficient (Wildman–Crippen LogP) is 2.97.